The molecule has 2 fully saturated rings. The number of benzene rings is 1. The van der Waals surface area contributed by atoms with Gasteiger partial charge in [-0.1, -0.05) is 17.9 Å². The van der Waals surface area contributed by atoms with Crippen LogP contribution in [0, 0.1) is 40.3 Å². The van der Waals surface area contributed by atoms with Crippen molar-refractivity contribution in [3.63, 3.8) is 0 Å². The molecule has 0 bridgehead atoms. The normalized spacial score (nSPS) is 21.3. The van der Waals surface area contributed by atoms with Crippen LogP contribution in [0.3, 0.4) is 0 Å². The number of hydrogen-bond donors (Lipinski definition) is 0. The molecule has 0 saturated carbocycles. The van der Waals surface area contributed by atoms with Gasteiger partial charge in [0, 0.05) is 31.2 Å². The summed E-state index contributed by atoms with van der Waals surface area (Å²) < 4.78 is 13.4. The summed E-state index contributed by atoms with van der Waals surface area (Å²) in [6.45, 7) is 2.31. The molecule has 2 atom stereocenters. The van der Waals surface area contributed by atoms with Crippen LogP contribution in [0.5, 0.6) is 0 Å². The zero-order valence-corrected chi connectivity index (χ0v) is 16.0. The van der Waals surface area contributed by atoms with Gasteiger partial charge in [-0.25, -0.2) is 9.37 Å². The molecular formula is C23H20FN5. The van der Waals surface area contributed by atoms with Crippen molar-refractivity contribution in [2.45, 2.75) is 31.3 Å². The van der Waals surface area contributed by atoms with Crippen LogP contribution in [0.4, 0.5) is 10.2 Å². The van der Waals surface area contributed by atoms with Crippen molar-refractivity contribution in [1.29, 1.82) is 10.5 Å². The first-order chi connectivity index (χ1) is 14.2. The molecule has 2 aliphatic rings. The summed E-state index contributed by atoms with van der Waals surface area (Å²) >= 11 is 0. The maximum Gasteiger partial charge on any atom is 0.146 e. The number of halogens is 1. The first-order valence-corrected chi connectivity index (χ1v) is 9.76. The van der Waals surface area contributed by atoms with Crippen LogP contribution in [-0.4, -0.2) is 41.6 Å². The highest BCUT2D eigenvalue weighted by molar-refractivity contribution is 5.54. The van der Waals surface area contributed by atoms with Crippen molar-refractivity contribution in [2.24, 2.45) is 0 Å². The van der Waals surface area contributed by atoms with Gasteiger partial charge in [-0.05, 0) is 43.5 Å². The van der Waals surface area contributed by atoms with E-state index in [0.717, 1.165) is 44.5 Å². The number of pyridine rings is 1. The van der Waals surface area contributed by atoms with Crippen LogP contribution in [0.1, 0.15) is 36.0 Å². The standard InChI is InChI=1S/C23H20FN5/c24-20-12-19(14-26)23(27-15-20)28-9-10-29-21(5-2-6-22(29)16-28)8-7-17-3-1-4-18(11-17)13-25/h1,3-4,11-12,15,21-22H,2,5-6,9-10,16H2/t21-,22+/m1/s1. The summed E-state index contributed by atoms with van der Waals surface area (Å²) in [6.07, 6.45) is 4.36. The highest BCUT2D eigenvalue weighted by Gasteiger charge is 2.35. The van der Waals surface area contributed by atoms with E-state index in [1.807, 2.05) is 18.2 Å². The lowest BCUT2D eigenvalue weighted by molar-refractivity contribution is 0.100. The Labute approximate surface area is 170 Å². The van der Waals surface area contributed by atoms with E-state index >= 15 is 0 Å². The second-order valence-corrected chi connectivity index (χ2v) is 7.38. The predicted molar refractivity (Wildman–Crippen MR) is 107 cm³/mol. The molecule has 2 aliphatic heterocycles. The molecule has 0 unspecified atom stereocenters. The zero-order valence-electron chi connectivity index (χ0n) is 16.0. The van der Waals surface area contributed by atoms with Crippen molar-refractivity contribution in [3.05, 3.63) is 59.0 Å². The van der Waals surface area contributed by atoms with Crippen molar-refractivity contribution in [1.82, 2.24) is 9.88 Å². The Morgan fingerprint density at radius 1 is 1.07 bits per heavy atom. The first kappa shape index (κ1) is 18.9. The Kier molecular flexibility index (Phi) is 5.43. The molecule has 0 aliphatic carbocycles. The average molecular weight is 385 g/mol. The predicted octanol–water partition coefficient (Wildman–Crippen LogP) is 3.06. The number of fused-ring (bicyclic) bond motifs is 1. The fraction of sp³-hybridized carbons (Fsp3) is 0.348. The smallest absolute Gasteiger partial charge is 0.146 e. The minimum atomic E-state index is -0.489. The van der Waals surface area contributed by atoms with Gasteiger partial charge < -0.3 is 4.90 Å². The van der Waals surface area contributed by atoms with Gasteiger partial charge in [-0.2, -0.15) is 10.5 Å². The molecule has 0 amide bonds. The molecule has 5 nitrogen and oxygen atoms in total. The van der Waals surface area contributed by atoms with Crippen LogP contribution in [0.2, 0.25) is 0 Å². The maximum atomic E-state index is 13.4. The molecule has 1 aromatic heterocycles. The largest absolute Gasteiger partial charge is 0.353 e. The molecular weight excluding hydrogens is 365 g/mol. The van der Waals surface area contributed by atoms with Crippen LogP contribution in [0.15, 0.2) is 36.5 Å². The molecule has 3 heterocycles. The number of aromatic nitrogens is 1. The Bertz CT molecular complexity index is 1060. The number of hydrogen-bond acceptors (Lipinski definition) is 5. The average Bonchev–Trinajstić information content (AvgIpc) is 2.77. The third-order valence-corrected chi connectivity index (χ3v) is 5.57. The summed E-state index contributed by atoms with van der Waals surface area (Å²) in [4.78, 5) is 8.71. The SMILES string of the molecule is N#Cc1cccc(C#C[C@H]2CCC[C@H]3CN(c4ncc(F)cc4C#N)CCN32)c1. The van der Waals surface area contributed by atoms with E-state index in [4.69, 9.17) is 5.26 Å². The Balaban J connectivity index is 1.50. The molecule has 2 saturated heterocycles. The highest BCUT2D eigenvalue weighted by Crippen LogP contribution is 2.29. The van der Waals surface area contributed by atoms with Gasteiger partial charge in [0.1, 0.15) is 17.7 Å². The second kappa shape index (κ2) is 8.31. The summed E-state index contributed by atoms with van der Waals surface area (Å²) in [6, 6.07) is 13.3. The molecule has 1 aromatic carbocycles. The topological polar surface area (TPSA) is 67.0 Å². The molecule has 6 heteroatoms. The van der Waals surface area contributed by atoms with Crippen LogP contribution in [0.25, 0.3) is 0 Å². The van der Waals surface area contributed by atoms with Gasteiger partial charge in [0.2, 0.25) is 0 Å². The van der Waals surface area contributed by atoms with Gasteiger partial charge in [-0.15, -0.1) is 0 Å². The lowest BCUT2D eigenvalue weighted by atomic mass is 9.93. The molecule has 4 rings (SSSR count). The highest BCUT2D eigenvalue weighted by atomic mass is 19.1. The minimum absolute atomic E-state index is 0.179. The second-order valence-electron chi connectivity index (χ2n) is 7.38. The van der Waals surface area contributed by atoms with E-state index in [2.05, 4.69) is 38.8 Å². The number of anilines is 1. The van der Waals surface area contributed by atoms with E-state index in [-0.39, 0.29) is 11.6 Å². The minimum Gasteiger partial charge on any atom is -0.353 e. The van der Waals surface area contributed by atoms with Crippen molar-refractivity contribution >= 4 is 5.82 Å². The number of rotatable bonds is 1. The fourth-order valence-corrected chi connectivity index (χ4v) is 4.20. The van der Waals surface area contributed by atoms with E-state index in [1.165, 1.54) is 12.3 Å². The van der Waals surface area contributed by atoms with Crippen molar-refractivity contribution < 1.29 is 4.39 Å². The molecule has 29 heavy (non-hydrogen) atoms. The summed E-state index contributed by atoms with van der Waals surface area (Å²) in [5.74, 6) is 6.72. The third kappa shape index (κ3) is 4.06. The number of piperidine rings is 1. The van der Waals surface area contributed by atoms with Crippen molar-refractivity contribution in [3.8, 4) is 24.0 Å². The molecule has 2 aromatic rings. The van der Waals surface area contributed by atoms with Gasteiger partial charge in [0.15, 0.2) is 0 Å². The Morgan fingerprint density at radius 2 is 1.93 bits per heavy atom. The summed E-state index contributed by atoms with van der Waals surface area (Å²) in [5.41, 5.74) is 1.76. The quantitative estimate of drug-likeness (QED) is 0.706. The summed E-state index contributed by atoms with van der Waals surface area (Å²) in [5, 5.41) is 18.4. The van der Waals surface area contributed by atoms with Gasteiger partial charge in [0.25, 0.3) is 0 Å². The van der Waals surface area contributed by atoms with Crippen LogP contribution < -0.4 is 4.90 Å². The van der Waals surface area contributed by atoms with Crippen molar-refractivity contribution in [2.75, 3.05) is 24.5 Å². The van der Waals surface area contributed by atoms with Crippen LogP contribution >= 0.6 is 0 Å². The van der Waals surface area contributed by atoms with E-state index in [0.29, 0.717) is 17.4 Å². The summed E-state index contributed by atoms with van der Waals surface area (Å²) in [7, 11) is 0. The zero-order chi connectivity index (χ0) is 20.2. The maximum absolute atomic E-state index is 13.4. The molecule has 0 radical (unpaired) electrons. The third-order valence-electron chi connectivity index (χ3n) is 5.57. The lowest BCUT2D eigenvalue weighted by Gasteiger charge is -2.47. The monoisotopic (exact) mass is 385 g/mol. The fourth-order valence-electron chi connectivity index (χ4n) is 4.20. The lowest BCUT2D eigenvalue weighted by Crippen LogP contribution is -2.58. The van der Waals surface area contributed by atoms with E-state index in [9.17, 15) is 9.65 Å². The number of nitrogens with zero attached hydrogens (tertiary/aromatic N) is 5. The molecule has 0 N–H and O–H groups in total. The Hall–Kier alpha value is -3.40. The van der Waals surface area contributed by atoms with Gasteiger partial charge in [-0.3, -0.25) is 4.90 Å². The number of nitriles is 2. The van der Waals surface area contributed by atoms with Gasteiger partial charge in [0.05, 0.1) is 29.4 Å². The molecule has 0 spiro atoms. The molecule has 144 valence electrons. The van der Waals surface area contributed by atoms with Gasteiger partial charge >= 0.3 is 0 Å². The van der Waals surface area contributed by atoms with E-state index in [1.54, 1.807) is 6.07 Å². The van der Waals surface area contributed by atoms with E-state index < -0.39 is 5.82 Å². The Morgan fingerprint density at radius 3 is 2.76 bits per heavy atom. The number of piperazine rings is 1. The van der Waals surface area contributed by atoms with Crippen LogP contribution in [-0.2, 0) is 0 Å². The first-order valence-electron chi connectivity index (χ1n) is 9.76.